The Kier molecular flexibility index (Phi) is 3.99. The first-order valence-electron chi connectivity index (χ1n) is 9.35. The highest BCUT2D eigenvalue weighted by Gasteiger charge is 2.46. The predicted molar refractivity (Wildman–Crippen MR) is 101 cm³/mol. The maximum Gasteiger partial charge on any atom is 0.343 e. The first-order valence-corrected chi connectivity index (χ1v) is 9.35. The third-order valence-electron chi connectivity index (χ3n) is 5.86. The van der Waals surface area contributed by atoms with Gasteiger partial charge in [0.1, 0.15) is 11.7 Å². The van der Waals surface area contributed by atoms with Gasteiger partial charge in [-0.25, -0.2) is 4.79 Å². The van der Waals surface area contributed by atoms with Crippen molar-refractivity contribution in [2.75, 3.05) is 34.6 Å². The first-order chi connectivity index (χ1) is 14.0. The summed E-state index contributed by atoms with van der Waals surface area (Å²) >= 11 is 0. The lowest BCUT2D eigenvalue weighted by Crippen LogP contribution is -2.36. The number of rotatable bonds is 3. The van der Waals surface area contributed by atoms with Crippen molar-refractivity contribution in [1.29, 1.82) is 0 Å². The van der Waals surface area contributed by atoms with Crippen LogP contribution < -0.4 is 18.9 Å². The van der Waals surface area contributed by atoms with Gasteiger partial charge in [-0.3, -0.25) is 4.90 Å². The van der Waals surface area contributed by atoms with E-state index in [4.69, 9.17) is 23.7 Å². The minimum Gasteiger partial charge on any atom is -0.504 e. The Morgan fingerprint density at radius 2 is 1.97 bits per heavy atom. The number of hydrogen-bond acceptors (Lipinski definition) is 8. The third-order valence-corrected chi connectivity index (χ3v) is 5.86. The Balaban J connectivity index is 1.70. The van der Waals surface area contributed by atoms with Crippen LogP contribution in [0.25, 0.3) is 0 Å². The van der Waals surface area contributed by atoms with Gasteiger partial charge >= 0.3 is 5.97 Å². The van der Waals surface area contributed by atoms with E-state index in [0.29, 0.717) is 22.8 Å². The summed E-state index contributed by atoms with van der Waals surface area (Å²) in [4.78, 5) is 14.8. The molecular formula is C21H21NO7. The lowest BCUT2D eigenvalue weighted by Gasteiger charge is -2.38. The standard InChI is InChI=1S/C21H21NO7/c1-22-7-6-10-8-13-19(28-9-27-13)20(26-3)14(10)16(22)17-11-4-5-12(23)18(25-2)15(11)21(24)29-17/h4-5,8,16-17,23H,6-7,9H2,1-3H3/t16-,17+/m1/s1. The summed E-state index contributed by atoms with van der Waals surface area (Å²) in [6, 6.07) is 4.93. The Labute approximate surface area is 167 Å². The zero-order valence-electron chi connectivity index (χ0n) is 16.4. The molecule has 1 N–H and O–H groups in total. The SMILES string of the molecule is COc1c(O)ccc2c1C(=O)O[C@@H]2[C@H]1c2c(cc3c(c2OC)OCO3)CCN1C. The van der Waals surface area contributed by atoms with Crippen molar-refractivity contribution in [3.63, 3.8) is 0 Å². The molecule has 0 saturated carbocycles. The summed E-state index contributed by atoms with van der Waals surface area (Å²) in [6.07, 6.45) is 0.229. The van der Waals surface area contributed by atoms with E-state index in [1.807, 2.05) is 13.1 Å². The zero-order chi connectivity index (χ0) is 20.3. The predicted octanol–water partition coefficient (Wildman–Crippen LogP) is 2.58. The smallest absolute Gasteiger partial charge is 0.343 e. The van der Waals surface area contributed by atoms with Gasteiger partial charge in [-0.15, -0.1) is 0 Å². The van der Waals surface area contributed by atoms with Crippen LogP contribution in [0.3, 0.4) is 0 Å². The molecule has 0 radical (unpaired) electrons. The number of fused-ring (bicyclic) bond motifs is 3. The summed E-state index contributed by atoms with van der Waals surface area (Å²) in [5, 5.41) is 10.1. The van der Waals surface area contributed by atoms with Crippen molar-refractivity contribution >= 4 is 5.97 Å². The van der Waals surface area contributed by atoms with E-state index in [2.05, 4.69) is 4.90 Å². The lowest BCUT2D eigenvalue weighted by molar-refractivity contribution is 0.00874. The number of methoxy groups -OCH3 is 2. The molecule has 0 fully saturated rings. The van der Waals surface area contributed by atoms with E-state index < -0.39 is 12.1 Å². The molecule has 2 atom stereocenters. The number of carbonyl (C=O) groups excluding carboxylic acids is 1. The van der Waals surface area contributed by atoms with Crippen LogP contribution in [0.4, 0.5) is 0 Å². The van der Waals surface area contributed by atoms with Crippen molar-refractivity contribution in [3.05, 3.63) is 40.5 Å². The van der Waals surface area contributed by atoms with E-state index in [9.17, 15) is 9.90 Å². The molecule has 2 aromatic carbocycles. The number of phenols is 1. The summed E-state index contributed by atoms with van der Waals surface area (Å²) in [5.41, 5.74) is 2.93. The number of benzene rings is 2. The third kappa shape index (κ3) is 2.45. The Hall–Kier alpha value is -3.13. The van der Waals surface area contributed by atoms with Gasteiger partial charge in [-0.1, -0.05) is 6.07 Å². The number of esters is 1. The second-order valence-corrected chi connectivity index (χ2v) is 7.30. The number of aromatic hydroxyl groups is 1. The topological polar surface area (TPSA) is 86.7 Å². The van der Waals surface area contributed by atoms with Gasteiger partial charge in [0.2, 0.25) is 12.5 Å². The highest BCUT2D eigenvalue weighted by molar-refractivity contribution is 5.98. The molecule has 0 saturated heterocycles. The monoisotopic (exact) mass is 399 g/mol. The Bertz CT molecular complexity index is 1020. The molecule has 5 rings (SSSR count). The summed E-state index contributed by atoms with van der Waals surface area (Å²) in [7, 11) is 5.00. The average Bonchev–Trinajstić information content (AvgIpc) is 3.31. The molecule has 0 amide bonds. The van der Waals surface area contributed by atoms with Crippen LogP contribution in [-0.4, -0.2) is 50.6 Å². The fraction of sp³-hybridized carbons (Fsp3) is 0.381. The highest BCUT2D eigenvalue weighted by Crippen LogP contribution is 2.55. The largest absolute Gasteiger partial charge is 0.504 e. The minimum atomic E-state index is -0.578. The first kappa shape index (κ1) is 17.9. The fourth-order valence-corrected chi connectivity index (χ4v) is 4.56. The number of ether oxygens (including phenoxy) is 5. The van der Waals surface area contributed by atoms with Gasteiger partial charge in [0.25, 0.3) is 0 Å². The van der Waals surface area contributed by atoms with Crippen LogP contribution in [0, 0.1) is 0 Å². The summed E-state index contributed by atoms with van der Waals surface area (Å²) in [6.45, 7) is 0.923. The average molecular weight is 399 g/mol. The molecule has 0 unspecified atom stereocenters. The Morgan fingerprint density at radius 3 is 2.72 bits per heavy atom. The quantitative estimate of drug-likeness (QED) is 0.789. The van der Waals surface area contributed by atoms with Gasteiger partial charge in [0.05, 0.1) is 20.3 Å². The van der Waals surface area contributed by atoms with Crippen LogP contribution in [-0.2, 0) is 11.2 Å². The maximum atomic E-state index is 12.7. The van der Waals surface area contributed by atoms with E-state index in [1.54, 1.807) is 13.2 Å². The van der Waals surface area contributed by atoms with Crippen molar-refractivity contribution in [1.82, 2.24) is 4.90 Å². The van der Waals surface area contributed by atoms with Gasteiger partial charge in [0.15, 0.2) is 23.0 Å². The number of cyclic esters (lactones) is 1. The van der Waals surface area contributed by atoms with Gasteiger partial charge in [-0.2, -0.15) is 0 Å². The van der Waals surface area contributed by atoms with E-state index in [1.165, 1.54) is 13.2 Å². The van der Waals surface area contributed by atoms with Gasteiger partial charge < -0.3 is 28.8 Å². The number of likely N-dealkylation sites (N-methyl/N-ethyl adjacent to an activating group) is 1. The van der Waals surface area contributed by atoms with Crippen molar-refractivity contribution < 1.29 is 33.6 Å². The molecule has 152 valence electrons. The second kappa shape index (κ2) is 6.45. The van der Waals surface area contributed by atoms with Crippen LogP contribution >= 0.6 is 0 Å². The van der Waals surface area contributed by atoms with Crippen LogP contribution in [0.1, 0.15) is 39.2 Å². The van der Waals surface area contributed by atoms with Gasteiger partial charge in [0, 0.05) is 17.7 Å². The highest BCUT2D eigenvalue weighted by atomic mass is 16.7. The van der Waals surface area contributed by atoms with Crippen molar-refractivity contribution in [2.24, 2.45) is 0 Å². The second-order valence-electron chi connectivity index (χ2n) is 7.30. The van der Waals surface area contributed by atoms with Crippen LogP contribution in [0.5, 0.6) is 28.7 Å². The number of carbonyl (C=O) groups is 1. The molecule has 2 aromatic rings. The normalized spacial score (nSPS) is 22.1. The minimum absolute atomic E-state index is 0.0952. The van der Waals surface area contributed by atoms with Crippen LogP contribution in [0.2, 0.25) is 0 Å². The molecule has 0 bridgehead atoms. The molecule has 0 spiro atoms. The molecule has 0 aliphatic carbocycles. The number of nitrogens with zero attached hydrogens (tertiary/aromatic N) is 1. The molecular weight excluding hydrogens is 378 g/mol. The molecule has 8 nitrogen and oxygen atoms in total. The van der Waals surface area contributed by atoms with Crippen molar-refractivity contribution in [3.8, 4) is 28.7 Å². The number of hydrogen-bond donors (Lipinski definition) is 1. The lowest BCUT2D eigenvalue weighted by atomic mass is 9.85. The van der Waals surface area contributed by atoms with E-state index in [0.717, 1.165) is 24.1 Å². The van der Waals surface area contributed by atoms with Crippen LogP contribution in [0.15, 0.2) is 18.2 Å². The molecule has 3 heterocycles. The fourth-order valence-electron chi connectivity index (χ4n) is 4.56. The van der Waals surface area contributed by atoms with Gasteiger partial charge in [-0.05, 0) is 31.2 Å². The molecule has 3 aliphatic rings. The molecule has 3 aliphatic heterocycles. The summed E-state index contributed by atoms with van der Waals surface area (Å²) < 4.78 is 28.0. The zero-order valence-corrected chi connectivity index (χ0v) is 16.4. The Morgan fingerprint density at radius 1 is 1.17 bits per heavy atom. The van der Waals surface area contributed by atoms with E-state index >= 15 is 0 Å². The molecule has 0 aromatic heterocycles. The maximum absolute atomic E-state index is 12.7. The number of phenolic OH excluding ortho intramolecular Hbond substituents is 1. The molecule has 29 heavy (non-hydrogen) atoms. The molecule has 8 heteroatoms. The summed E-state index contributed by atoms with van der Waals surface area (Å²) in [5.74, 6) is 1.35. The van der Waals surface area contributed by atoms with Crippen molar-refractivity contribution in [2.45, 2.75) is 18.6 Å². The van der Waals surface area contributed by atoms with E-state index in [-0.39, 0.29) is 29.9 Å².